The quantitative estimate of drug-likeness (QED) is 0.895. The first-order chi connectivity index (χ1) is 11.5. The third-order valence-corrected chi connectivity index (χ3v) is 5.22. The monoisotopic (exact) mass is 330 g/mol. The Labute approximate surface area is 143 Å². The van der Waals surface area contributed by atoms with Crippen molar-refractivity contribution in [2.24, 2.45) is 5.92 Å². The second kappa shape index (κ2) is 6.93. The van der Waals surface area contributed by atoms with Crippen LogP contribution < -0.4 is 0 Å². The van der Waals surface area contributed by atoms with Gasteiger partial charge in [-0.05, 0) is 18.4 Å². The number of hydrogen-bond acceptors (Lipinski definition) is 3. The number of nitrogens with zero attached hydrogens (tertiary/aromatic N) is 2. The Kier molecular flexibility index (Phi) is 4.90. The molecule has 1 aromatic carbocycles. The summed E-state index contributed by atoms with van der Waals surface area (Å²) in [5.41, 5.74) is 0.337. The summed E-state index contributed by atoms with van der Waals surface area (Å²) in [6.45, 7) is 1.39. The van der Waals surface area contributed by atoms with Crippen LogP contribution in [0.5, 0.6) is 0 Å². The normalized spacial score (nSPS) is 22.8. The Hall–Kier alpha value is -1.88. The van der Waals surface area contributed by atoms with Gasteiger partial charge in [0.1, 0.15) is 0 Å². The molecule has 2 amide bonds. The van der Waals surface area contributed by atoms with Crippen LogP contribution in [0, 0.1) is 5.92 Å². The highest BCUT2D eigenvalue weighted by molar-refractivity contribution is 5.89. The van der Waals surface area contributed by atoms with Crippen LogP contribution in [0.15, 0.2) is 30.3 Å². The van der Waals surface area contributed by atoms with Gasteiger partial charge < -0.3 is 14.9 Å². The van der Waals surface area contributed by atoms with Crippen LogP contribution in [0.4, 0.5) is 0 Å². The summed E-state index contributed by atoms with van der Waals surface area (Å²) < 4.78 is 0. The van der Waals surface area contributed by atoms with E-state index in [-0.39, 0.29) is 24.2 Å². The third kappa shape index (κ3) is 3.78. The van der Waals surface area contributed by atoms with Crippen molar-refractivity contribution >= 4 is 11.8 Å². The SMILES string of the molecule is CN(CC1(O)CCCC1)C(=O)C1CC(=O)N(Cc2ccccc2)C1. The number of carbonyl (C=O) groups excluding carboxylic acids is 2. The van der Waals surface area contributed by atoms with Crippen molar-refractivity contribution < 1.29 is 14.7 Å². The van der Waals surface area contributed by atoms with Crippen molar-refractivity contribution in [2.45, 2.75) is 44.2 Å². The Morgan fingerprint density at radius 2 is 1.96 bits per heavy atom. The highest BCUT2D eigenvalue weighted by Gasteiger charge is 2.38. The van der Waals surface area contributed by atoms with E-state index >= 15 is 0 Å². The lowest BCUT2D eigenvalue weighted by Crippen LogP contribution is -2.44. The maximum absolute atomic E-state index is 12.7. The average molecular weight is 330 g/mol. The molecule has 0 spiro atoms. The molecule has 1 unspecified atom stereocenters. The molecule has 1 aromatic rings. The van der Waals surface area contributed by atoms with Crippen LogP contribution in [0.25, 0.3) is 0 Å². The van der Waals surface area contributed by atoms with Gasteiger partial charge >= 0.3 is 0 Å². The van der Waals surface area contributed by atoms with E-state index in [0.717, 1.165) is 31.2 Å². The van der Waals surface area contributed by atoms with E-state index in [2.05, 4.69) is 0 Å². The zero-order valence-electron chi connectivity index (χ0n) is 14.3. The molecule has 24 heavy (non-hydrogen) atoms. The molecule has 1 aliphatic heterocycles. The minimum Gasteiger partial charge on any atom is -0.388 e. The number of hydrogen-bond donors (Lipinski definition) is 1. The number of aliphatic hydroxyl groups is 1. The maximum Gasteiger partial charge on any atom is 0.227 e. The van der Waals surface area contributed by atoms with Crippen molar-refractivity contribution in [3.05, 3.63) is 35.9 Å². The number of benzene rings is 1. The molecular formula is C19H26N2O3. The van der Waals surface area contributed by atoms with Crippen LogP contribution in [0.2, 0.25) is 0 Å². The topological polar surface area (TPSA) is 60.9 Å². The number of likely N-dealkylation sites (N-methyl/N-ethyl adjacent to an activating group) is 1. The Bertz CT molecular complexity index is 596. The van der Waals surface area contributed by atoms with Gasteiger partial charge in [-0.15, -0.1) is 0 Å². The van der Waals surface area contributed by atoms with Crippen molar-refractivity contribution in [3.63, 3.8) is 0 Å². The number of likely N-dealkylation sites (tertiary alicyclic amines) is 1. The second-order valence-electron chi connectivity index (χ2n) is 7.29. The van der Waals surface area contributed by atoms with E-state index in [1.807, 2.05) is 30.3 Å². The number of amides is 2. The zero-order chi connectivity index (χ0) is 17.2. The van der Waals surface area contributed by atoms with Crippen molar-refractivity contribution in [3.8, 4) is 0 Å². The molecule has 2 fully saturated rings. The fourth-order valence-electron chi connectivity index (χ4n) is 3.92. The molecule has 1 saturated heterocycles. The first-order valence-corrected chi connectivity index (χ1v) is 8.76. The Morgan fingerprint density at radius 3 is 2.62 bits per heavy atom. The fourth-order valence-corrected chi connectivity index (χ4v) is 3.92. The van der Waals surface area contributed by atoms with E-state index in [9.17, 15) is 14.7 Å². The van der Waals surface area contributed by atoms with Crippen LogP contribution in [0.3, 0.4) is 0 Å². The molecule has 1 N–H and O–H groups in total. The maximum atomic E-state index is 12.7. The smallest absolute Gasteiger partial charge is 0.227 e. The van der Waals surface area contributed by atoms with E-state index in [4.69, 9.17) is 0 Å². The summed E-state index contributed by atoms with van der Waals surface area (Å²) in [4.78, 5) is 28.3. The fraction of sp³-hybridized carbons (Fsp3) is 0.579. The van der Waals surface area contributed by atoms with Gasteiger partial charge in [0.2, 0.25) is 11.8 Å². The molecular weight excluding hydrogens is 304 g/mol. The Balaban J connectivity index is 1.57. The highest BCUT2D eigenvalue weighted by Crippen LogP contribution is 2.31. The second-order valence-corrected chi connectivity index (χ2v) is 7.29. The molecule has 1 heterocycles. The van der Waals surface area contributed by atoms with Crippen molar-refractivity contribution in [2.75, 3.05) is 20.1 Å². The lowest BCUT2D eigenvalue weighted by atomic mass is 10.0. The van der Waals surface area contributed by atoms with Gasteiger partial charge in [0.05, 0.1) is 11.5 Å². The molecule has 130 valence electrons. The average Bonchev–Trinajstić information content (AvgIpc) is 3.14. The highest BCUT2D eigenvalue weighted by atomic mass is 16.3. The molecule has 0 aromatic heterocycles. The minimum absolute atomic E-state index is 0.0285. The summed E-state index contributed by atoms with van der Waals surface area (Å²) in [7, 11) is 1.74. The molecule has 5 nitrogen and oxygen atoms in total. The van der Waals surface area contributed by atoms with Gasteiger partial charge in [0, 0.05) is 33.1 Å². The van der Waals surface area contributed by atoms with E-state index in [1.54, 1.807) is 16.8 Å². The van der Waals surface area contributed by atoms with Crippen molar-refractivity contribution in [1.29, 1.82) is 0 Å². The van der Waals surface area contributed by atoms with Gasteiger partial charge in [0.25, 0.3) is 0 Å². The summed E-state index contributed by atoms with van der Waals surface area (Å²) in [5, 5.41) is 10.5. The molecule has 2 aliphatic rings. The largest absolute Gasteiger partial charge is 0.388 e. The lowest BCUT2D eigenvalue weighted by molar-refractivity contribution is -0.137. The number of carbonyl (C=O) groups is 2. The first kappa shape index (κ1) is 17.0. The summed E-state index contributed by atoms with van der Waals surface area (Å²) in [6, 6.07) is 9.84. The van der Waals surface area contributed by atoms with E-state index in [0.29, 0.717) is 19.6 Å². The zero-order valence-corrected chi connectivity index (χ0v) is 14.3. The van der Waals surface area contributed by atoms with Crippen LogP contribution in [0.1, 0.15) is 37.7 Å². The van der Waals surface area contributed by atoms with Crippen LogP contribution >= 0.6 is 0 Å². The number of rotatable bonds is 5. The van der Waals surface area contributed by atoms with Gasteiger partial charge in [0.15, 0.2) is 0 Å². The van der Waals surface area contributed by atoms with Crippen molar-refractivity contribution in [1.82, 2.24) is 9.80 Å². The molecule has 0 radical (unpaired) electrons. The first-order valence-electron chi connectivity index (χ1n) is 8.76. The summed E-state index contributed by atoms with van der Waals surface area (Å²) in [6.07, 6.45) is 3.83. The van der Waals surface area contributed by atoms with E-state index < -0.39 is 5.60 Å². The van der Waals surface area contributed by atoms with Gasteiger partial charge in [-0.25, -0.2) is 0 Å². The molecule has 1 atom stereocenters. The predicted octanol–water partition coefficient (Wildman–Crippen LogP) is 1.80. The molecule has 1 saturated carbocycles. The Morgan fingerprint density at radius 1 is 1.29 bits per heavy atom. The van der Waals surface area contributed by atoms with Crippen LogP contribution in [-0.2, 0) is 16.1 Å². The summed E-state index contributed by atoms with van der Waals surface area (Å²) in [5.74, 6) is -0.291. The van der Waals surface area contributed by atoms with Gasteiger partial charge in [-0.1, -0.05) is 43.2 Å². The standard InChI is InChI=1S/C19H26N2O3/c1-20(14-19(24)9-5-6-10-19)18(23)16-11-17(22)21(13-16)12-15-7-3-2-4-8-15/h2-4,7-8,16,24H,5-6,9-14H2,1H3. The van der Waals surface area contributed by atoms with Gasteiger partial charge in [-0.3, -0.25) is 9.59 Å². The summed E-state index contributed by atoms with van der Waals surface area (Å²) >= 11 is 0. The molecule has 0 bridgehead atoms. The lowest BCUT2D eigenvalue weighted by Gasteiger charge is -2.30. The predicted molar refractivity (Wildman–Crippen MR) is 91.0 cm³/mol. The van der Waals surface area contributed by atoms with E-state index in [1.165, 1.54) is 0 Å². The third-order valence-electron chi connectivity index (χ3n) is 5.22. The minimum atomic E-state index is -0.739. The molecule has 5 heteroatoms. The van der Waals surface area contributed by atoms with Gasteiger partial charge in [-0.2, -0.15) is 0 Å². The molecule has 3 rings (SSSR count). The molecule has 1 aliphatic carbocycles. The van der Waals surface area contributed by atoms with Crippen LogP contribution in [-0.4, -0.2) is 52.5 Å².